The van der Waals surface area contributed by atoms with Gasteiger partial charge in [0.25, 0.3) is 5.91 Å². The van der Waals surface area contributed by atoms with Gasteiger partial charge in [-0.2, -0.15) is 0 Å². The molecule has 1 amide bonds. The maximum Gasteiger partial charge on any atom is 0.253 e. The molecule has 1 heterocycles. The molecule has 0 saturated heterocycles. The molecule has 5 nitrogen and oxygen atoms in total. The summed E-state index contributed by atoms with van der Waals surface area (Å²) in [7, 11) is 3.43. The van der Waals surface area contributed by atoms with Crippen molar-refractivity contribution < 1.29 is 9.32 Å². The summed E-state index contributed by atoms with van der Waals surface area (Å²) < 4.78 is 5.03. The number of rotatable bonds is 2. The molecule has 2 rings (SSSR count). The van der Waals surface area contributed by atoms with Crippen molar-refractivity contribution in [2.45, 2.75) is 0 Å². The molecule has 0 radical (unpaired) electrons. The van der Waals surface area contributed by atoms with Crippen molar-refractivity contribution in [1.29, 1.82) is 0 Å². The number of nitrogens with zero attached hydrogens (tertiary/aromatic N) is 2. The second-order valence-corrected chi connectivity index (χ2v) is 3.89. The lowest BCUT2D eigenvalue weighted by Crippen LogP contribution is -2.21. The maximum absolute atomic E-state index is 11.7. The predicted molar refractivity (Wildman–Crippen MR) is 64.4 cm³/mol. The lowest BCUT2D eigenvalue weighted by atomic mass is 10.1. The number of aromatic nitrogens is 1. The minimum atomic E-state index is -0.0337. The summed E-state index contributed by atoms with van der Waals surface area (Å²) in [4.78, 5) is 13.2. The quantitative estimate of drug-likeness (QED) is 0.852. The minimum absolute atomic E-state index is 0.0337. The minimum Gasteiger partial charge on any atom is -0.381 e. The second-order valence-electron chi connectivity index (χ2n) is 3.89. The highest BCUT2D eigenvalue weighted by molar-refractivity contribution is 5.94. The fraction of sp³-hybridized carbons (Fsp3) is 0.167. The molecule has 0 spiro atoms. The summed E-state index contributed by atoms with van der Waals surface area (Å²) in [5.74, 6) is 0.897. The Balaban J connectivity index is 2.27. The number of carbonyl (C=O) groups excluding carboxylic acids is 1. The van der Waals surface area contributed by atoms with Gasteiger partial charge < -0.3 is 15.2 Å². The van der Waals surface area contributed by atoms with E-state index in [1.165, 1.54) is 4.90 Å². The molecular weight excluding hydrogens is 218 g/mol. The van der Waals surface area contributed by atoms with Crippen LogP contribution in [0.25, 0.3) is 11.3 Å². The van der Waals surface area contributed by atoms with E-state index in [9.17, 15) is 4.79 Å². The Morgan fingerprint density at radius 3 is 2.41 bits per heavy atom. The van der Waals surface area contributed by atoms with Crippen molar-refractivity contribution in [3.05, 3.63) is 35.9 Å². The molecule has 5 heteroatoms. The van der Waals surface area contributed by atoms with Crippen LogP contribution < -0.4 is 5.73 Å². The van der Waals surface area contributed by atoms with E-state index in [4.69, 9.17) is 10.3 Å². The lowest BCUT2D eigenvalue weighted by molar-refractivity contribution is 0.0827. The van der Waals surface area contributed by atoms with E-state index in [0.717, 1.165) is 5.56 Å². The highest BCUT2D eigenvalue weighted by Crippen LogP contribution is 2.21. The molecule has 0 unspecified atom stereocenters. The molecule has 0 aliphatic carbocycles. The van der Waals surface area contributed by atoms with Crippen LogP contribution in [0.4, 0.5) is 5.82 Å². The third-order valence-electron chi connectivity index (χ3n) is 2.35. The number of carbonyl (C=O) groups is 1. The van der Waals surface area contributed by atoms with Gasteiger partial charge in [-0.3, -0.25) is 4.79 Å². The van der Waals surface area contributed by atoms with Crippen LogP contribution in [0.3, 0.4) is 0 Å². The number of hydrogen-bond acceptors (Lipinski definition) is 4. The van der Waals surface area contributed by atoms with Gasteiger partial charge in [0.05, 0.1) is 0 Å². The van der Waals surface area contributed by atoms with Crippen LogP contribution >= 0.6 is 0 Å². The van der Waals surface area contributed by atoms with Crippen LogP contribution in [0.2, 0.25) is 0 Å². The smallest absolute Gasteiger partial charge is 0.253 e. The first-order valence-corrected chi connectivity index (χ1v) is 5.12. The van der Waals surface area contributed by atoms with Gasteiger partial charge in [-0.05, 0) is 12.1 Å². The average molecular weight is 231 g/mol. The SMILES string of the molecule is CN(C)C(=O)c1ccc(-c2cc(N)no2)cc1. The molecular formula is C12H13N3O2. The third kappa shape index (κ3) is 2.28. The van der Waals surface area contributed by atoms with Crippen molar-refractivity contribution in [2.24, 2.45) is 0 Å². The monoisotopic (exact) mass is 231 g/mol. The van der Waals surface area contributed by atoms with Gasteiger partial charge >= 0.3 is 0 Å². The number of benzene rings is 1. The van der Waals surface area contributed by atoms with E-state index in [1.807, 2.05) is 0 Å². The van der Waals surface area contributed by atoms with E-state index >= 15 is 0 Å². The number of hydrogen-bond donors (Lipinski definition) is 1. The molecule has 1 aromatic carbocycles. The van der Waals surface area contributed by atoms with Gasteiger partial charge in [-0.25, -0.2) is 0 Å². The zero-order chi connectivity index (χ0) is 12.4. The second kappa shape index (κ2) is 4.29. The first kappa shape index (κ1) is 11.2. The number of anilines is 1. The molecule has 0 aliphatic rings. The summed E-state index contributed by atoms with van der Waals surface area (Å²) in [6.07, 6.45) is 0. The van der Waals surface area contributed by atoms with E-state index < -0.39 is 0 Å². The van der Waals surface area contributed by atoms with Crippen LogP contribution in [0.5, 0.6) is 0 Å². The Bertz CT molecular complexity index is 529. The van der Waals surface area contributed by atoms with Gasteiger partial charge in [0, 0.05) is 31.3 Å². The zero-order valence-electron chi connectivity index (χ0n) is 9.68. The molecule has 17 heavy (non-hydrogen) atoms. The summed E-state index contributed by atoms with van der Waals surface area (Å²) in [5.41, 5.74) is 6.94. The van der Waals surface area contributed by atoms with Crippen molar-refractivity contribution in [2.75, 3.05) is 19.8 Å². The molecule has 88 valence electrons. The lowest BCUT2D eigenvalue weighted by Gasteiger charge is -2.09. The summed E-state index contributed by atoms with van der Waals surface area (Å²) in [6, 6.07) is 8.74. The van der Waals surface area contributed by atoms with Crippen LogP contribution in [0.1, 0.15) is 10.4 Å². The highest BCUT2D eigenvalue weighted by Gasteiger charge is 2.09. The molecule has 0 bridgehead atoms. The van der Waals surface area contributed by atoms with E-state index in [-0.39, 0.29) is 5.91 Å². The van der Waals surface area contributed by atoms with Crippen molar-refractivity contribution in [1.82, 2.24) is 10.1 Å². The maximum atomic E-state index is 11.7. The zero-order valence-corrected chi connectivity index (χ0v) is 9.68. The van der Waals surface area contributed by atoms with Gasteiger partial charge in [-0.1, -0.05) is 17.3 Å². The first-order valence-electron chi connectivity index (χ1n) is 5.12. The third-order valence-corrected chi connectivity index (χ3v) is 2.35. The fourth-order valence-electron chi connectivity index (χ4n) is 1.46. The molecule has 2 N–H and O–H groups in total. The van der Waals surface area contributed by atoms with Gasteiger partial charge in [0.15, 0.2) is 11.6 Å². The Morgan fingerprint density at radius 2 is 1.94 bits per heavy atom. The Morgan fingerprint density at radius 1 is 1.29 bits per heavy atom. The fourth-order valence-corrected chi connectivity index (χ4v) is 1.46. The summed E-state index contributed by atoms with van der Waals surface area (Å²) in [6.45, 7) is 0. The van der Waals surface area contributed by atoms with E-state index in [1.54, 1.807) is 44.4 Å². The Labute approximate surface area is 98.8 Å². The number of amides is 1. The Hall–Kier alpha value is -2.30. The van der Waals surface area contributed by atoms with Crippen molar-refractivity contribution >= 4 is 11.7 Å². The Kier molecular flexibility index (Phi) is 2.82. The topological polar surface area (TPSA) is 72.4 Å². The molecule has 2 aromatic rings. The van der Waals surface area contributed by atoms with Crippen LogP contribution in [-0.4, -0.2) is 30.1 Å². The molecule has 1 aromatic heterocycles. The van der Waals surface area contributed by atoms with Crippen molar-refractivity contribution in [3.63, 3.8) is 0 Å². The summed E-state index contributed by atoms with van der Waals surface area (Å²) in [5, 5.41) is 3.61. The van der Waals surface area contributed by atoms with E-state index in [0.29, 0.717) is 17.1 Å². The summed E-state index contributed by atoms with van der Waals surface area (Å²) >= 11 is 0. The van der Waals surface area contributed by atoms with Crippen molar-refractivity contribution in [3.8, 4) is 11.3 Å². The van der Waals surface area contributed by atoms with E-state index in [2.05, 4.69) is 5.16 Å². The van der Waals surface area contributed by atoms with Gasteiger partial charge in [0.2, 0.25) is 0 Å². The normalized spacial score (nSPS) is 10.2. The standard InChI is InChI=1S/C12H13N3O2/c1-15(2)12(16)9-5-3-8(4-6-9)10-7-11(13)14-17-10/h3-7H,1-2H3,(H2,13,14). The number of nitrogens with two attached hydrogens (primary N) is 1. The predicted octanol–water partition coefficient (Wildman–Crippen LogP) is 1.63. The van der Waals surface area contributed by atoms with Crippen LogP contribution in [-0.2, 0) is 0 Å². The van der Waals surface area contributed by atoms with Gasteiger partial charge in [-0.15, -0.1) is 0 Å². The average Bonchev–Trinajstić information content (AvgIpc) is 2.75. The molecule has 0 fully saturated rings. The molecule has 0 saturated carbocycles. The van der Waals surface area contributed by atoms with Crippen LogP contribution in [0.15, 0.2) is 34.9 Å². The van der Waals surface area contributed by atoms with Crippen LogP contribution in [0, 0.1) is 0 Å². The highest BCUT2D eigenvalue weighted by atomic mass is 16.5. The first-order chi connectivity index (χ1) is 8.08. The number of nitrogen functional groups attached to an aromatic ring is 1. The molecule has 0 atom stereocenters. The largest absolute Gasteiger partial charge is 0.381 e. The van der Waals surface area contributed by atoms with Gasteiger partial charge in [0.1, 0.15) is 0 Å². The molecule has 0 aliphatic heterocycles.